The SMILES string of the molecule is CCC(C)NC(=O)C1CCCN(C(=O)Nc2ccc(NC(=O)NC3CCCC3)cc2)C1. The zero-order chi connectivity index (χ0) is 22.2. The molecule has 170 valence electrons. The zero-order valence-corrected chi connectivity index (χ0v) is 18.6. The highest BCUT2D eigenvalue weighted by Gasteiger charge is 2.29. The summed E-state index contributed by atoms with van der Waals surface area (Å²) in [5, 5.41) is 11.7. The van der Waals surface area contributed by atoms with Crippen molar-refractivity contribution in [2.45, 2.75) is 70.9 Å². The first-order valence-electron chi connectivity index (χ1n) is 11.5. The van der Waals surface area contributed by atoms with Crippen molar-refractivity contribution in [1.82, 2.24) is 15.5 Å². The van der Waals surface area contributed by atoms with Gasteiger partial charge in [-0.3, -0.25) is 4.79 Å². The molecule has 1 aliphatic carbocycles. The molecule has 0 bridgehead atoms. The van der Waals surface area contributed by atoms with Gasteiger partial charge < -0.3 is 26.2 Å². The topological polar surface area (TPSA) is 103 Å². The lowest BCUT2D eigenvalue weighted by atomic mass is 9.97. The van der Waals surface area contributed by atoms with E-state index >= 15 is 0 Å². The van der Waals surface area contributed by atoms with Crippen molar-refractivity contribution < 1.29 is 14.4 Å². The van der Waals surface area contributed by atoms with Gasteiger partial charge in [0.25, 0.3) is 0 Å². The fourth-order valence-corrected chi connectivity index (χ4v) is 4.10. The van der Waals surface area contributed by atoms with Crippen LogP contribution in [-0.4, -0.2) is 48.0 Å². The standard InChI is InChI=1S/C23H35N5O3/c1-3-16(2)24-21(29)17-7-6-14-28(15-17)23(31)27-20-12-10-19(11-13-20)26-22(30)25-18-8-4-5-9-18/h10-13,16-18H,3-9,14-15H2,1-2H3,(H,24,29)(H,27,31)(H2,25,26,30). The molecule has 31 heavy (non-hydrogen) atoms. The summed E-state index contributed by atoms with van der Waals surface area (Å²) in [6, 6.07) is 7.06. The lowest BCUT2D eigenvalue weighted by Crippen LogP contribution is -2.48. The van der Waals surface area contributed by atoms with Gasteiger partial charge in [0.05, 0.1) is 5.92 Å². The first-order chi connectivity index (χ1) is 14.9. The second kappa shape index (κ2) is 11.0. The first kappa shape index (κ1) is 22.9. The lowest BCUT2D eigenvalue weighted by Gasteiger charge is -2.32. The fourth-order valence-electron chi connectivity index (χ4n) is 4.10. The Hall–Kier alpha value is -2.77. The molecule has 1 saturated heterocycles. The number of likely N-dealkylation sites (tertiary alicyclic amines) is 1. The van der Waals surface area contributed by atoms with Gasteiger partial charge in [-0.2, -0.15) is 0 Å². The fraction of sp³-hybridized carbons (Fsp3) is 0.609. The van der Waals surface area contributed by atoms with Crippen LogP contribution >= 0.6 is 0 Å². The Morgan fingerprint density at radius 1 is 1.00 bits per heavy atom. The summed E-state index contributed by atoms with van der Waals surface area (Å²) < 4.78 is 0. The summed E-state index contributed by atoms with van der Waals surface area (Å²) in [5.41, 5.74) is 1.33. The molecule has 3 rings (SSSR count). The predicted molar refractivity (Wildman–Crippen MR) is 122 cm³/mol. The highest BCUT2D eigenvalue weighted by atomic mass is 16.2. The third kappa shape index (κ3) is 6.87. The van der Waals surface area contributed by atoms with Crippen molar-refractivity contribution in [3.8, 4) is 0 Å². The number of nitrogens with one attached hydrogen (secondary N) is 4. The third-order valence-corrected chi connectivity index (χ3v) is 6.16. The van der Waals surface area contributed by atoms with E-state index in [1.165, 1.54) is 12.8 Å². The number of rotatable bonds is 6. The number of nitrogens with zero attached hydrogens (tertiary/aromatic N) is 1. The minimum Gasteiger partial charge on any atom is -0.353 e. The van der Waals surface area contributed by atoms with E-state index in [0.29, 0.717) is 24.5 Å². The van der Waals surface area contributed by atoms with Crippen molar-refractivity contribution in [2.75, 3.05) is 23.7 Å². The average molecular weight is 430 g/mol. The molecule has 8 nitrogen and oxygen atoms in total. The number of piperidine rings is 1. The molecular formula is C23H35N5O3. The van der Waals surface area contributed by atoms with Crippen molar-refractivity contribution in [3.05, 3.63) is 24.3 Å². The Morgan fingerprint density at radius 3 is 2.29 bits per heavy atom. The van der Waals surface area contributed by atoms with Crippen LogP contribution in [-0.2, 0) is 4.79 Å². The largest absolute Gasteiger partial charge is 0.353 e. The van der Waals surface area contributed by atoms with Gasteiger partial charge in [-0.25, -0.2) is 9.59 Å². The van der Waals surface area contributed by atoms with Crippen LogP contribution in [0.3, 0.4) is 0 Å². The molecule has 1 saturated carbocycles. The number of anilines is 2. The summed E-state index contributed by atoms with van der Waals surface area (Å²) in [6.45, 7) is 5.09. The van der Waals surface area contributed by atoms with Crippen LogP contribution in [0.25, 0.3) is 0 Å². The minimum atomic E-state index is -0.208. The number of amides is 5. The van der Waals surface area contributed by atoms with E-state index in [9.17, 15) is 14.4 Å². The molecule has 0 spiro atoms. The van der Waals surface area contributed by atoms with Gasteiger partial charge in [0.15, 0.2) is 0 Å². The second-order valence-corrected chi connectivity index (χ2v) is 8.69. The number of carbonyl (C=O) groups is 3. The molecule has 2 unspecified atom stereocenters. The minimum absolute atomic E-state index is 0.0261. The smallest absolute Gasteiger partial charge is 0.321 e. The summed E-state index contributed by atoms with van der Waals surface area (Å²) >= 11 is 0. The van der Waals surface area contributed by atoms with E-state index in [4.69, 9.17) is 0 Å². The Morgan fingerprint density at radius 2 is 1.65 bits per heavy atom. The number of hydrogen-bond donors (Lipinski definition) is 4. The molecule has 1 aromatic rings. The summed E-state index contributed by atoms with van der Waals surface area (Å²) in [7, 11) is 0. The maximum Gasteiger partial charge on any atom is 0.321 e. The molecule has 1 aliphatic heterocycles. The maximum atomic E-state index is 12.7. The quantitative estimate of drug-likeness (QED) is 0.551. The molecule has 2 atom stereocenters. The molecule has 1 aromatic carbocycles. The number of urea groups is 2. The average Bonchev–Trinajstić information content (AvgIpc) is 3.28. The molecule has 0 aromatic heterocycles. The first-order valence-corrected chi connectivity index (χ1v) is 11.5. The molecule has 5 amide bonds. The summed E-state index contributed by atoms with van der Waals surface area (Å²) in [6.07, 6.45) is 6.90. The summed E-state index contributed by atoms with van der Waals surface area (Å²) in [5.74, 6) is -0.142. The monoisotopic (exact) mass is 429 g/mol. The van der Waals surface area contributed by atoms with Gasteiger partial charge in [-0.15, -0.1) is 0 Å². The van der Waals surface area contributed by atoms with Gasteiger partial charge in [-0.05, 0) is 63.3 Å². The van der Waals surface area contributed by atoms with Gasteiger partial charge >= 0.3 is 12.1 Å². The van der Waals surface area contributed by atoms with E-state index in [2.05, 4.69) is 21.3 Å². The van der Waals surface area contributed by atoms with E-state index in [0.717, 1.165) is 32.1 Å². The number of benzene rings is 1. The lowest BCUT2D eigenvalue weighted by molar-refractivity contribution is -0.126. The van der Waals surface area contributed by atoms with Gasteiger partial charge in [-0.1, -0.05) is 19.8 Å². The molecule has 4 N–H and O–H groups in total. The van der Waals surface area contributed by atoms with Crippen molar-refractivity contribution in [1.29, 1.82) is 0 Å². The highest BCUT2D eigenvalue weighted by molar-refractivity contribution is 5.92. The summed E-state index contributed by atoms with van der Waals surface area (Å²) in [4.78, 5) is 38.9. The van der Waals surface area contributed by atoms with E-state index < -0.39 is 0 Å². The molecule has 1 heterocycles. The van der Waals surface area contributed by atoms with Gasteiger partial charge in [0.2, 0.25) is 5.91 Å². The number of hydrogen-bond acceptors (Lipinski definition) is 3. The van der Waals surface area contributed by atoms with Crippen LogP contribution in [0.2, 0.25) is 0 Å². The van der Waals surface area contributed by atoms with Gasteiger partial charge in [0, 0.05) is 36.5 Å². The molecular weight excluding hydrogens is 394 g/mol. The van der Waals surface area contributed by atoms with Crippen molar-refractivity contribution in [2.24, 2.45) is 5.92 Å². The second-order valence-electron chi connectivity index (χ2n) is 8.69. The maximum absolute atomic E-state index is 12.7. The Labute approximate surface area is 184 Å². The Balaban J connectivity index is 1.47. The Bertz CT molecular complexity index is 761. The van der Waals surface area contributed by atoms with Crippen LogP contribution in [0.5, 0.6) is 0 Å². The van der Waals surface area contributed by atoms with E-state index in [1.807, 2.05) is 13.8 Å². The van der Waals surface area contributed by atoms with Crippen molar-refractivity contribution in [3.63, 3.8) is 0 Å². The third-order valence-electron chi connectivity index (χ3n) is 6.16. The van der Waals surface area contributed by atoms with Crippen LogP contribution in [0.15, 0.2) is 24.3 Å². The molecule has 2 aliphatic rings. The van der Waals surface area contributed by atoms with Crippen LogP contribution in [0, 0.1) is 5.92 Å². The zero-order valence-electron chi connectivity index (χ0n) is 18.6. The molecule has 8 heteroatoms. The predicted octanol–water partition coefficient (Wildman–Crippen LogP) is 3.91. The van der Waals surface area contributed by atoms with Crippen LogP contribution in [0.4, 0.5) is 21.0 Å². The van der Waals surface area contributed by atoms with E-state index in [-0.39, 0.29) is 36.0 Å². The molecule has 2 fully saturated rings. The van der Waals surface area contributed by atoms with E-state index in [1.54, 1.807) is 29.2 Å². The van der Waals surface area contributed by atoms with Crippen LogP contribution in [0.1, 0.15) is 58.8 Å². The Kier molecular flexibility index (Phi) is 8.14. The van der Waals surface area contributed by atoms with Crippen molar-refractivity contribution >= 4 is 29.3 Å². The number of carbonyl (C=O) groups excluding carboxylic acids is 3. The highest BCUT2D eigenvalue weighted by Crippen LogP contribution is 2.20. The molecule has 0 radical (unpaired) electrons. The van der Waals surface area contributed by atoms with Crippen LogP contribution < -0.4 is 21.3 Å². The normalized spacial score (nSPS) is 20.1. The van der Waals surface area contributed by atoms with Gasteiger partial charge in [0.1, 0.15) is 0 Å².